The molecule has 1 saturated heterocycles. The molecule has 1 amide bonds. The van der Waals surface area contributed by atoms with Crippen molar-refractivity contribution in [3.8, 4) is 0 Å². The minimum absolute atomic E-state index is 0.0213. The van der Waals surface area contributed by atoms with E-state index in [0.717, 1.165) is 32.3 Å². The molecular formula is C19H30N2O2. The van der Waals surface area contributed by atoms with Crippen LogP contribution in [-0.4, -0.2) is 28.7 Å². The zero-order chi connectivity index (χ0) is 16.3. The van der Waals surface area contributed by atoms with E-state index in [4.69, 9.17) is 4.74 Å². The van der Waals surface area contributed by atoms with Crippen LogP contribution in [0.1, 0.15) is 65.2 Å². The quantitative estimate of drug-likeness (QED) is 0.921. The fraction of sp³-hybridized carbons (Fsp3) is 0.737. The van der Waals surface area contributed by atoms with Crippen molar-refractivity contribution in [2.75, 3.05) is 6.61 Å². The highest BCUT2D eigenvalue weighted by atomic mass is 16.5. The van der Waals surface area contributed by atoms with Crippen LogP contribution in [-0.2, 0) is 15.1 Å². The summed E-state index contributed by atoms with van der Waals surface area (Å²) in [5, 5.41) is 3.28. The van der Waals surface area contributed by atoms with Crippen molar-refractivity contribution in [3.05, 3.63) is 24.5 Å². The van der Waals surface area contributed by atoms with E-state index in [2.05, 4.69) is 48.3 Å². The molecule has 3 rings (SSSR count). The van der Waals surface area contributed by atoms with Gasteiger partial charge in [0.1, 0.15) is 0 Å². The van der Waals surface area contributed by atoms with Crippen LogP contribution in [0.25, 0.3) is 0 Å². The Morgan fingerprint density at radius 3 is 2.57 bits per heavy atom. The van der Waals surface area contributed by atoms with Crippen LogP contribution in [0.15, 0.2) is 24.5 Å². The Hall–Kier alpha value is -1.29. The number of nitrogens with zero attached hydrogens (tertiary/aromatic N) is 1. The minimum Gasteiger partial charge on any atom is -0.375 e. The van der Waals surface area contributed by atoms with Crippen LogP contribution in [0.4, 0.5) is 0 Å². The Morgan fingerprint density at radius 2 is 1.91 bits per heavy atom. The Kier molecular flexibility index (Phi) is 4.81. The molecule has 4 heteroatoms. The molecule has 1 aromatic rings. The highest BCUT2D eigenvalue weighted by Gasteiger charge is 2.37. The molecule has 1 N–H and O–H groups in total. The van der Waals surface area contributed by atoms with Gasteiger partial charge in [-0.05, 0) is 51.7 Å². The summed E-state index contributed by atoms with van der Waals surface area (Å²) in [6, 6.07) is 4.38. The summed E-state index contributed by atoms with van der Waals surface area (Å²) >= 11 is 0. The molecule has 1 saturated carbocycles. The van der Waals surface area contributed by atoms with E-state index < -0.39 is 0 Å². The van der Waals surface area contributed by atoms with Crippen LogP contribution >= 0.6 is 0 Å². The molecule has 2 aliphatic rings. The van der Waals surface area contributed by atoms with Gasteiger partial charge in [0.25, 0.3) is 0 Å². The normalized spacial score (nSPS) is 26.6. The number of rotatable bonds is 4. The maximum absolute atomic E-state index is 12.7. The number of carbonyl (C=O) groups is 1. The fourth-order valence-electron chi connectivity index (χ4n) is 4.32. The van der Waals surface area contributed by atoms with Crippen LogP contribution in [0.3, 0.4) is 0 Å². The fourth-order valence-corrected chi connectivity index (χ4v) is 4.32. The Labute approximate surface area is 139 Å². The van der Waals surface area contributed by atoms with Crippen molar-refractivity contribution < 1.29 is 9.53 Å². The number of hydrogen-bond donors (Lipinski definition) is 1. The number of amides is 1. The molecule has 1 aromatic heterocycles. The summed E-state index contributed by atoms with van der Waals surface area (Å²) in [5.41, 5.74) is -0.147. The van der Waals surface area contributed by atoms with Gasteiger partial charge in [-0.3, -0.25) is 4.79 Å². The number of aromatic nitrogens is 1. The van der Waals surface area contributed by atoms with Crippen LogP contribution in [0.5, 0.6) is 0 Å². The number of hydrogen-bond acceptors (Lipinski definition) is 2. The van der Waals surface area contributed by atoms with Crippen molar-refractivity contribution in [1.29, 1.82) is 0 Å². The summed E-state index contributed by atoms with van der Waals surface area (Å²) in [6.45, 7) is 4.95. The monoisotopic (exact) mass is 318 g/mol. The smallest absolute Gasteiger partial charge is 0.222 e. The van der Waals surface area contributed by atoms with Gasteiger partial charge >= 0.3 is 0 Å². The summed E-state index contributed by atoms with van der Waals surface area (Å²) in [6.07, 6.45) is 12.6. The molecule has 0 bridgehead atoms. The summed E-state index contributed by atoms with van der Waals surface area (Å²) in [7, 11) is 0. The average Bonchev–Trinajstić information content (AvgIpc) is 3.01. The molecule has 128 valence electrons. The van der Waals surface area contributed by atoms with Crippen molar-refractivity contribution in [1.82, 2.24) is 9.88 Å². The van der Waals surface area contributed by atoms with E-state index in [1.54, 1.807) is 0 Å². The second-order valence-electron chi connectivity index (χ2n) is 7.92. The van der Waals surface area contributed by atoms with Crippen molar-refractivity contribution in [2.24, 2.45) is 0 Å². The van der Waals surface area contributed by atoms with E-state index in [-0.39, 0.29) is 23.1 Å². The van der Waals surface area contributed by atoms with Gasteiger partial charge in [-0.1, -0.05) is 19.3 Å². The minimum atomic E-state index is -0.126. The number of nitrogens with one attached hydrogen (secondary N) is 1. The molecule has 1 aliphatic heterocycles. The first kappa shape index (κ1) is 16.6. The predicted octanol–water partition coefficient (Wildman–Crippen LogP) is 3.61. The van der Waals surface area contributed by atoms with Crippen molar-refractivity contribution >= 4 is 5.91 Å². The largest absolute Gasteiger partial charge is 0.375 e. The van der Waals surface area contributed by atoms with Gasteiger partial charge in [-0.2, -0.15) is 0 Å². The van der Waals surface area contributed by atoms with E-state index in [1.807, 2.05) is 0 Å². The highest BCUT2D eigenvalue weighted by Crippen LogP contribution is 2.38. The second-order valence-corrected chi connectivity index (χ2v) is 7.92. The SMILES string of the molecule is CC1(C)CC(NC(=O)CC2(n3cccc3)CCCCC2)CCO1. The van der Waals surface area contributed by atoms with Crippen molar-refractivity contribution in [3.63, 3.8) is 0 Å². The number of ether oxygens (including phenoxy) is 1. The van der Waals surface area contributed by atoms with Crippen LogP contribution < -0.4 is 5.32 Å². The summed E-state index contributed by atoms with van der Waals surface area (Å²) < 4.78 is 8.03. The van der Waals surface area contributed by atoms with Gasteiger partial charge in [-0.25, -0.2) is 0 Å². The molecular weight excluding hydrogens is 288 g/mol. The lowest BCUT2D eigenvalue weighted by atomic mass is 9.78. The average molecular weight is 318 g/mol. The summed E-state index contributed by atoms with van der Waals surface area (Å²) in [4.78, 5) is 12.7. The molecule has 1 unspecified atom stereocenters. The Balaban J connectivity index is 1.65. The molecule has 2 fully saturated rings. The van der Waals surface area contributed by atoms with Gasteiger partial charge in [-0.15, -0.1) is 0 Å². The topological polar surface area (TPSA) is 43.3 Å². The van der Waals surface area contributed by atoms with E-state index in [0.29, 0.717) is 6.42 Å². The lowest BCUT2D eigenvalue weighted by Crippen LogP contribution is -2.48. The standard InChI is InChI=1S/C19H30N2O2/c1-18(2)14-16(8-13-23-18)20-17(22)15-19(9-4-3-5-10-19)21-11-6-7-12-21/h6-7,11-12,16H,3-5,8-10,13-15H2,1-2H3,(H,20,22). The van der Waals surface area contributed by atoms with Crippen molar-refractivity contribution in [2.45, 2.75) is 82.4 Å². The third-order valence-electron chi connectivity index (χ3n) is 5.49. The van der Waals surface area contributed by atoms with E-state index in [1.165, 1.54) is 19.3 Å². The molecule has 2 heterocycles. The second kappa shape index (κ2) is 6.68. The lowest BCUT2D eigenvalue weighted by molar-refractivity contribution is -0.126. The van der Waals surface area contributed by atoms with E-state index in [9.17, 15) is 4.79 Å². The maximum Gasteiger partial charge on any atom is 0.222 e. The molecule has 23 heavy (non-hydrogen) atoms. The molecule has 1 aliphatic carbocycles. The first-order valence-corrected chi connectivity index (χ1v) is 9.06. The van der Waals surface area contributed by atoms with Crippen LogP contribution in [0, 0.1) is 0 Å². The molecule has 0 spiro atoms. The van der Waals surface area contributed by atoms with Crippen LogP contribution in [0.2, 0.25) is 0 Å². The Morgan fingerprint density at radius 1 is 1.22 bits per heavy atom. The third kappa shape index (κ3) is 3.97. The van der Waals surface area contributed by atoms with E-state index >= 15 is 0 Å². The zero-order valence-corrected chi connectivity index (χ0v) is 14.5. The maximum atomic E-state index is 12.7. The first-order valence-electron chi connectivity index (χ1n) is 9.06. The van der Waals surface area contributed by atoms with Gasteiger partial charge in [0.15, 0.2) is 0 Å². The Bertz CT molecular complexity index is 515. The predicted molar refractivity (Wildman–Crippen MR) is 91.3 cm³/mol. The summed E-state index contributed by atoms with van der Waals surface area (Å²) in [5.74, 6) is 0.198. The molecule has 0 aromatic carbocycles. The third-order valence-corrected chi connectivity index (χ3v) is 5.49. The molecule has 1 atom stereocenters. The lowest BCUT2D eigenvalue weighted by Gasteiger charge is -2.40. The van der Waals surface area contributed by atoms with Gasteiger partial charge in [0.2, 0.25) is 5.91 Å². The first-order chi connectivity index (χ1) is 11.0. The molecule has 4 nitrogen and oxygen atoms in total. The highest BCUT2D eigenvalue weighted by molar-refractivity contribution is 5.77. The number of carbonyl (C=O) groups excluding carboxylic acids is 1. The molecule has 0 radical (unpaired) electrons. The van der Waals surface area contributed by atoms with Gasteiger partial charge < -0.3 is 14.6 Å². The zero-order valence-electron chi connectivity index (χ0n) is 14.5. The van der Waals surface area contributed by atoms with Gasteiger partial charge in [0, 0.05) is 25.0 Å². The van der Waals surface area contributed by atoms with Gasteiger partial charge in [0.05, 0.1) is 17.6 Å².